The number of carbonyl (C=O) groups is 2. The second-order valence-corrected chi connectivity index (χ2v) is 10.9. The van der Waals surface area contributed by atoms with E-state index in [0.29, 0.717) is 48.2 Å². The summed E-state index contributed by atoms with van der Waals surface area (Å²) in [6.07, 6.45) is 2.72. The first-order valence-corrected chi connectivity index (χ1v) is 13.4. The summed E-state index contributed by atoms with van der Waals surface area (Å²) >= 11 is 12.5. The van der Waals surface area contributed by atoms with E-state index in [9.17, 15) is 9.59 Å². The first-order valence-electron chi connectivity index (χ1n) is 12.7. The Morgan fingerprint density at radius 1 is 1.00 bits per heavy atom. The van der Waals surface area contributed by atoms with Gasteiger partial charge in [0.15, 0.2) is 0 Å². The molecule has 2 bridgehead atoms. The van der Waals surface area contributed by atoms with Gasteiger partial charge >= 0.3 is 6.03 Å². The Morgan fingerprint density at radius 3 is 2.45 bits per heavy atom. The topological polar surface area (TPSA) is 70.0 Å². The first kappa shape index (κ1) is 24.9. The second kappa shape index (κ2) is 10.1. The quantitative estimate of drug-likeness (QED) is 0.336. The van der Waals surface area contributed by atoms with Gasteiger partial charge in [-0.1, -0.05) is 53.5 Å². The number of carbonyl (C=O) groups excluding carboxylic acids is 2. The molecule has 4 aromatic rings. The zero-order chi connectivity index (χ0) is 26.4. The van der Waals surface area contributed by atoms with Crippen LogP contribution in [0, 0.1) is 6.92 Å². The summed E-state index contributed by atoms with van der Waals surface area (Å²) in [6.45, 7) is 3.75. The highest BCUT2D eigenvalue weighted by molar-refractivity contribution is 6.34. The highest BCUT2D eigenvalue weighted by Gasteiger charge is 2.43. The summed E-state index contributed by atoms with van der Waals surface area (Å²) in [6, 6.07) is 18.6. The van der Waals surface area contributed by atoms with Crippen LogP contribution in [0.5, 0.6) is 0 Å². The van der Waals surface area contributed by atoms with E-state index in [0.717, 1.165) is 28.2 Å². The van der Waals surface area contributed by atoms with Crippen LogP contribution >= 0.6 is 23.2 Å². The van der Waals surface area contributed by atoms with Crippen LogP contribution in [0.1, 0.15) is 24.1 Å². The molecule has 4 heterocycles. The van der Waals surface area contributed by atoms with E-state index in [1.54, 1.807) is 6.07 Å². The summed E-state index contributed by atoms with van der Waals surface area (Å²) in [5, 5.41) is 4.19. The average molecular weight is 548 g/mol. The number of aryl methyl sites for hydroxylation is 1. The van der Waals surface area contributed by atoms with Gasteiger partial charge in [-0.2, -0.15) is 0 Å². The normalized spacial score (nSPS) is 19.7. The second-order valence-electron chi connectivity index (χ2n) is 10.1. The van der Waals surface area contributed by atoms with Gasteiger partial charge in [-0.15, -0.1) is 0 Å². The number of piperazine rings is 1. The largest absolute Gasteiger partial charge is 0.322 e. The molecule has 2 fully saturated rings. The van der Waals surface area contributed by atoms with E-state index < -0.39 is 0 Å². The van der Waals surface area contributed by atoms with Crippen molar-refractivity contribution < 1.29 is 9.59 Å². The number of rotatable bonds is 4. The summed E-state index contributed by atoms with van der Waals surface area (Å²) in [5.74, 6) is 0.203. The van der Waals surface area contributed by atoms with E-state index in [4.69, 9.17) is 28.2 Å². The standard InChI is InChI=1S/C29H27Cl2N5O2/c1-18-5-4-6-24(31)27(18)33-29(38)36-21-13-23(37)14-22(36)16-34(15-21)17-25-28(19-8-10-20(30)11-9-19)32-26-7-2-3-12-35(25)26/h2-12,21-22H,13-17H2,1H3,(H,33,38). The Morgan fingerprint density at radius 2 is 1.74 bits per heavy atom. The summed E-state index contributed by atoms with van der Waals surface area (Å²) in [5.41, 5.74) is 5.35. The van der Waals surface area contributed by atoms with Crippen LogP contribution in [0.4, 0.5) is 10.5 Å². The van der Waals surface area contributed by atoms with Gasteiger partial charge in [0, 0.05) is 49.3 Å². The van der Waals surface area contributed by atoms with Gasteiger partial charge in [-0.25, -0.2) is 9.78 Å². The predicted molar refractivity (Wildman–Crippen MR) is 150 cm³/mol. The van der Waals surface area contributed by atoms with Crippen LogP contribution in [0.2, 0.25) is 10.0 Å². The number of nitrogens with zero attached hydrogens (tertiary/aromatic N) is 4. The Balaban J connectivity index is 1.28. The van der Waals surface area contributed by atoms with Gasteiger partial charge in [0.25, 0.3) is 0 Å². The smallest absolute Gasteiger partial charge is 0.315 e. The first-order chi connectivity index (χ1) is 18.4. The van der Waals surface area contributed by atoms with Crippen molar-refractivity contribution in [2.24, 2.45) is 0 Å². The molecule has 2 aromatic carbocycles. The SMILES string of the molecule is Cc1cccc(Cl)c1NC(=O)N1C2CC(=O)CC1CN(Cc1c(-c3ccc(Cl)cc3)nc3ccccn13)C2. The van der Waals surface area contributed by atoms with Crippen molar-refractivity contribution in [1.82, 2.24) is 19.2 Å². The fourth-order valence-electron chi connectivity index (χ4n) is 5.75. The maximum Gasteiger partial charge on any atom is 0.322 e. The van der Waals surface area contributed by atoms with Crippen molar-refractivity contribution in [2.45, 2.75) is 38.4 Å². The molecule has 38 heavy (non-hydrogen) atoms. The molecular weight excluding hydrogens is 521 g/mol. The lowest BCUT2D eigenvalue weighted by Gasteiger charge is -2.49. The third-order valence-electron chi connectivity index (χ3n) is 7.46. The van der Waals surface area contributed by atoms with Crippen molar-refractivity contribution in [1.29, 1.82) is 0 Å². The number of hydrogen-bond acceptors (Lipinski definition) is 4. The molecule has 2 aromatic heterocycles. The number of amides is 2. The number of urea groups is 1. The van der Waals surface area contributed by atoms with Crippen molar-refractivity contribution >= 4 is 46.4 Å². The maximum atomic E-state index is 13.5. The van der Waals surface area contributed by atoms with Gasteiger partial charge in [0.2, 0.25) is 0 Å². The molecule has 194 valence electrons. The number of benzene rings is 2. The molecular formula is C29H27Cl2N5O2. The summed E-state index contributed by atoms with van der Waals surface area (Å²) < 4.78 is 2.12. The minimum atomic E-state index is -0.212. The van der Waals surface area contributed by atoms with Gasteiger partial charge in [0.05, 0.1) is 34.2 Å². The maximum absolute atomic E-state index is 13.5. The number of aromatic nitrogens is 2. The molecule has 0 radical (unpaired) electrons. The minimum absolute atomic E-state index is 0.203. The lowest BCUT2D eigenvalue weighted by molar-refractivity contribution is -0.126. The number of imidazole rings is 1. The molecule has 6 rings (SSSR count). The number of nitrogens with one attached hydrogen (secondary N) is 1. The third kappa shape index (κ3) is 4.66. The molecule has 9 heteroatoms. The number of fused-ring (bicyclic) bond motifs is 3. The van der Waals surface area contributed by atoms with E-state index in [1.165, 1.54) is 0 Å². The number of hydrogen-bond donors (Lipinski definition) is 1. The van der Waals surface area contributed by atoms with Crippen LogP contribution < -0.4 is 5.32 Å². The molecule has 0 aliphatic carbocycles. The van der Waals surface area contributed by atoms with Gasteiger partial charge in [0.1, 0.15) is 11.4 Å². The molecule has 2 amide bonds. The zero-order valence-corrected chi connectivity index (χ0v) is 22.4. The number of anilines is 1. The van der Waals surface area contributed by atoms with Gasteiger partial charge in [-0.3, -0.25) is 9.69 Å². The molecule has 0 saturated carbocycles. The molecule has 2 aliphatic heterocycles. The third-order valence-corrected chi connectivity index (χ3v) is 8.03. The number of para-hydroxylation sites is 1. The highest BCUT2D eigenvalue weighted by Crippen LogP contribution is 2.33. The molecule has 2 saturated heterocycles. The van der Waals surface area contributed by atoms with Crippen LogP contribution in [0.15, 0.2) is 66.9 Å². The van der Waals surface area contributed by atoms with E-state index in [-0.39, 0.29) is 23.9 Å². The molecule has 2 unspecified atom stereocenters. The number of ketones is 1. The van der Waals surface area contributed by atoms with Crippen LogP contribution in [-0.2, 0) is 11.3 Å². The van der Waals surface area contributed by atoms with E-state index >= 15 is 0 Å². The number of likely N-dealkylation sites (tertiary alicyclic amines) is 1. The highest BCUT2D eigenvalue weighted by atomic mass is 35.5. The fourth-order valence-corrected chi connectivity index (χ4v) is 6.15. The van der Waals surface area contributed by atoms with Gasteiger partial charge < -0.3 is 14.6 Å². The molecule has 7 nitrogen and oxygen atoms in total. The van der Waals surface area contributed by atoms with Crippen molar-refractivity contribution in [2.75, 3.05) is 18.4 Å². The number of piperidine rings is 1. The average Bonchev–Trinajstić information content (AvgIpc) is 3.24. The number of pyridine rings is 1. The van der Waals surface area contributed by atoms with Gasteiger partial charge in [-0.05, 0) is 42.8 Å². The van der Waals surface area contributed by atoms with Crippen LogP contribution in [0.25, 0.3) is 16.9 Å². The minimum Gasteiger partial charge on any atom is -0.315 e. The van der Waals surface area contributed by atoms with Crippen LogP contribution in [-0.4, -0.2) is 56.2 Å². The molecule has 2 atom stereocenters. The van der Waals surface area contributed by atoms with E-state index in [2.05, 4.69) is 14.6 Å². The van der Waals surface area contributed by atoms with Crippen molar-refractivity contribution in [3.63, 3.8) is 0 Å². The summed E-state index contributed by atoms with van der Waals surface area (Å²) in [4.78, 5) is 35.1. The Hall–Kier alpha value is -3.39. The summed E-state index contributed by atoms with van der Waals surface area (Å²) in [7, 11) is 0. The zero-order valence-electron chi connectivity index (χ0n) is 20.9. The fraction of sp³-hybridized carbons (Fsp3) is 0.276. The molecule has 2 aliphatic rings. The molecule has 1 N–H and O–H groups in total. The molecule has 0 spiro atoms. The number of halogens is 2. The predicted octanol–water partition coefficient (Wildman–Crippen LogP) is 6.07. The Kier molecular flexibility index (Phi) is 6.60. The van der Waals surface area contributed by atoms with E-state index in [1.807, 2.05) is 72.6 Å². The van der Waals surface area contributed by atoms with Crippen molar-refractivity contribution in [3.8, 4) is 11.3 Å². The van der Waals surface area contributed by atoms with Crippen molar-refractivity contribution in [3.05, 3.63) is 88.2 Å². The Labute approximate surface area is 231 Å². The lowest BCUT2D eigenvalue weighted by atomic mass is 9.90. The van der Waals surface area contributed by atoms with Crippen LogP contribution in [0.3, 0.4) is 0 Å². The number of Topliss-reactive ketones (excluding diaryl/α,β-unsaturated/α-hetero) is 1. The monoisotopic (exact) mass is 547 g/mol. The Bertz CT molecular complexity index is 1500. The lowest BCUT2D eigenvalue weighted by Crippen LogP contribution is -2.64.